The molecule has 1 heterocycles. The first-order valence-electron chi connectivity index (χ1n) is 6.75. The predicted molar refractivity (Wildman–Crippen MR) is 79.6 cm³/mol. The maximum Gasteiger partial charge on any atom is 0.224 e. The summed E-state index contributed by atoms with van der Waals surface area (Å²) in [5.74, 6) is 0.857. The molecule has 1 fully saturated rings. The lowest BCUT2D eigenvalue weighted by Gasteiger charge is -2.28. The van der Waals surface area contributed by atoms with E-state index in [2.05, 4.69) is 29.1 Å². The molecule has 1 unspecified atom stereocenters. The number of hydrogen-bond donors (Lipinski definition) is 1. The van der Waals surface area contributed by atoms with Gasteiger partial charge in [0.15, 0.2) is 0 Å². The number of benzene rings is 1. The van der Waals surface area contributed by atoms with Crippen molar-refractivity contribution in [1.82, 2.24) is 9.97 Å². The third-order valence-corrected chi connectivity index (χ3v) is 4.31. The van der Waals surface area contributed by atoms with Crippen molar-refractivity contribution < 1.29 is 0 Å². The monoisotopic (exact) mass is 275 g/mol. The molecule has 2 aromatic rings. The summed E-state index contributed by atoms with van der Waals surface area (Å²) in [4.78, 5) is 8.64. The second-order valence-electron chi connectivity index (χ2n) is 5.94. The van der Waals surface area contributed by atoms with E-state index in [4.69, 9.17) is 11.6 Å². The standard InChI is InChI=1S/C15H18ClN3/c1-15(2)9-5-8-12(15)18-13-10-6-3-4-7-11(10)17-14(16)19-13/h3-4,6-7,12H,5,8-9H2,1-2H3,(H,17,18,19). The molecule has 0 bridgehead atoms. The molecule has 1 aliphatic rings. The van der Waals surface area contributed by atoms with Crippen LogP contribution < -0.4 is 5.32 Å². The van der Waals surface area contributed by atoms with E-state index in [0.717, 1.165) is 16.7 Å². The molecule has 0 spiro atoms. The van der Waals surface area contributed by atoms with E-state index in [0.29, 0.717) is 16.7 Å². The Morgan fingerprint density at radius 2 is 2.05 bits per heavy atom. The predicted octanol–water partition coefficient (Wildman–Crippen LogP) is 4.27. The lowest BCUT2D eigenvalue weighted by atomic mass is 9.87. The van der Waals surface area contributed by atoms with Crippen LogP contribution in [0.15, 0.2) is 24.3 Å². The Morgan fingerprint density at radius 1 is 1.26 bits per heavy atom. The van der Waals surface area contributed by atoms with Crippen LogP contribution in [0.5, 0.6) is 0 Å². The van der Waals surface area contributed by atoms with Gasteiger partial charge in [-0.25, -0.2) is 9.97 Å². The molecule has 0 amide bonds. The zero-order chi connectivity index (χ0) is 13.5. The highest BCUT2D eigenvalue weighted by atomic mass is 35.5. The number of aromatic nitrogens is 2. The molecule has 4 heteroatoms. The molecule has 1 N–H and O–H groups in total. The van der Waals surface area contributed by atoms with Gasteiger partial charge >= 0.3 is 0 Å². The minimum atomic E-state index is 0.303. The first kappa shape index (κ1) is 12.7. The average Bonchev–Trinajstić information content (AvgIpc) is 2.68. The molecule has 100 valence electrons. The van der Waals surface area contributed by atoms with Gasteiger partial charge in [0.1, 0.15) is 5.82 Å². The van der Waals surface area contributed by atoms with E-state index >= 15 is 0 Å². The molecule has 1 atom stereocenters. The molecule has 0 radical (unpaired) electrons. The Bertz CT molecular complexity index is 609. The van der Waals surface area contributed by atoms with Crippen molar-refractivity contribution in [3.8, 4) is 0 Å². The van der Waals surface area contributed by atoms with Crippen LogP contribution in [-0.2, 0) is 0 Å². The fraction of sp³-hybridized carbons (Fsp3) is 0.467. The van der Waals surface area contributed by atoms with Crippen LogP contribution in [-0.4, -0.2) is 16.0 Å². The maximum absolute atomic E-state index is 6.02. The van der Waals surface area contributed by atoms with Gasteiger partial charge in [0.2, 0.25) is 5.28 Å². The van der Waals surface area contributed by atoms with E-state index in [-0.39, 0.29) is 0 Å². The Hall–Kier alpha value is -1.35. The second kappa shape index (κ2) is 4.64. The van der Waals surface area contributed by atoms with E-state index in [9.17, 15) is 0 Å². The van der Waals surface area contributed by atoms with Crippen LogP contribution in [0.3, 0.4) is 0 Å². The molecule has 3 rings (SSSR count). The van der Waals surface area contributed by atoms with Crippen LogP contribution >= 0.6 is 11.6 Å². The molecule has 1 aromatic heterocycles. The number of fused-ring (bicyclic) bond motifs is 1. The zero-order valence-corrected chi connectivity index (χ0v) is 12.0. The van der Waals surface area contributed by atoms with Crippen molar-refractivity contribution in [3.63, 3.8) is 0 Å². The van der Waals surface area contributed by atoms with Crippen molar-refractivity contribution >= 4 is 28.3 Å². The van der Waals surface area contributed by atoms with Crippen LogP contribution in [0.25, 0.3) is 10.9 Å². The highest BCUT2D eigenvalue weighted by Crippen LogP contribution is 2.39. The van der Waals surface area contributed by atoms with Gasteiger partial charge in [-0.3, -0.25) is 0 Å². The topological polar surface area (TPSA) is 37.8 Å². The van der Waals surface area contributed by atoms with E-state index < -0.39 is 0 Å². The van der Waals surface area contributed by atoms with Crippen molar-refractivity contribution in [2.75, 3.05) is 5.32 Å². The Balaban J connectivity index is 2.01. The number of rotatable bonds is 2. The molecule has 0 saturated heterocycles. The molecular weight excluding hydrogens is 258 g/mol. The van der Waals surface area contributed by atoms with Gasteiger partial charge < -0.3 is 5.32 Å². The average molecular weight is 276 g/mol. The smallest absolute Gasteiger partial charge is 0.224 e. The molecule has 0 aliphatic heterocycles. The van der Waals surface area contributed by atoms with Crippen LogP contribution in [0.1, 0.15) is 33.1 Å². The summed E-state index contributed by atoms with van der Waals surface area (Å²) < 4.78 is 0. The van der Waals surface area contributed by atoms with Crippen molar-refractivity contribution in [2.24, 2.45) is 5.41 Å². The summed E-state index contributed by atoms with van der Waals surface area (Å²) in [7, 11) is 0. The molecule has 3 nitrogen and oxygen atoms in total. The second-order valence-corrected chi connectivity index (χ2v) is 6.27. The molecule has 1 aromatic carbocycles. The fourth-order valence-corrected chi connectivity index (χ4v) is 3.09. The Kier molecular flexibility index (Phi) is 3.09. The first-order valence-corrected chi connectivity index (χ1v) is 7.13. The summed E-state index contributed by atoms with van der Waals surface area (Å²) >= 11 is 6.02. The van der Waals surface area contributed by atoms with Gasteiger partial charge in [0, 0.05) is 11.4 Å². The molecular formula is C15H18ClN3. The van der Waals surface area contributed by atoms with E-state index in [1.54, 1.807) is 0 Å². The minimum Gasteiger partial charge on any atom is -0.366 e. The third-order valence-electron chi connectivity index (χ3n) is 4.14. The normalized spacial score (nSPS) is 21.7. The van der Waals surface area contributed by atoms with Gasteiger partial charge in [-0.05, 0) is 42.0 Å². The number of para-hydroxylation sites is 1. The fourth-order valence-electron chi connectivity index (χ4n) is 2.92. The van der Waals surface area contributed by atoms with Crippen molar-refractivity contribution in [1.29, 1.82) is 0 Å². The number of anilines is 1. The molecule has 19 heavy (non-hydrogen) atoms. The van der Waals surface area contributed by atoms with Crippen LogP contribution in [0, 0.1) is 5.41 Å². The summed E-state index contributed by atoms with van der Waals surface area (Å²) in [5.41, 5.74) is 1.19. The van der Waals surface area contributed by atoms with Gasteiger partial charge in [-0.15, -0.1) is 0 Å². The van der Waals surface area contributed by atoms with E-state index in [1.165, 1.54) is 19.3 Å². The van der Waals surface area contributed by atoms with Crippen molar-refractivity contribution in [2.45, 2.75) is 39.2 Å². The molecule has 1 aliphatic carbocycles. The number of halogens is 1. The van der Waals surface area contributed by atoms with E-state index in [1.807, 2.05) is 24.3 Å². The summed E-state index contributed by atoms with van der Waals surface area (Å²) in [6.45, 7) is 4.62. The summed E-state index contributed by atoms with van der Waals surface area (Å²) in [6.07, 6.45) is 3.70. The number of nitrogens with one attached hydrogen (secondary N) is 1. The van der Waals surface area contributed by atoms with Gasteiger partial charge in [0.05, 0.1) is 5.52 Å². The highest BCUT2D eigenvalue weighted by molar-refractivity contribution is 6.28. The quantitative estimate of drug-likeness (QED) is 0.832. The maximum atomic E-state index is 6.02. The van der Waals surface area contributed by atoms with Gasteiger partial charge in [-0.2, -0.15) is 0 Å². The lowest BCUT2D eigenvalue weighted by Crippen LogP contribution is -2.31. The van der Waals surface area contributed by atoms with Gasteiger partial charge in [-0.1, -0.05) is 32.4 Å². The van der Waals surface area contributed by atoms with Crippen LogP contribution in [0.4, 0.5) is 5.82 Å². The largest absolute Gasteiger partial charge is 0.366 e. The van der Waals surface area contributed by atoms with Crippen LogP contribution in [0.2, 0.25) is 5.28 Å². The Labute approximate surface area is 118 Å². The number of hydrogen-bond acceptors (Lipinski definition) is 3. The SMILES string of the molecule is CC1(C)CCCC1Nc1nc(Cl)nc2ccccc12. The first-order chi connectivity index (χ1) is 9.06. The highest BCUT2D eigenvalue weighted by Gasteiger charge is 2.34. The van der Waals surface area contributed by atoms with Gasteiger partial charge in [0.25, 0.3) is 0 Å². The minimum absolute atomic E-state index is 0.303. The zero-order valence-electron chi connectivity index (χ0n) is 11.3. The van der Waals surface area contributed by atoms with Crippen molar-refractivity contribution in [3.05, 3.63) is 29.5 Å². The lowest BCUT2D eigenvalue weighted by molar-refractivity contribution is 0.349. The Morgan fingerprint density at radius 3 is 2.79 bits per heavy atom. The summed E-state index contributed by atoms with van der Waals surface area (Å²) in [6, 6.07) is 8.42. The summed E-state index contributed by atoms with van der Waals surface area (Å²) in [5, 5.41) is 4.92. The third kappa shape index (κ3) is 2.39. The number of nitrogens with zero attached hydrogens (tertiary/aromatic N) is 2. The molecule has 1 saturated carbocycles.